The molecular formula is C19H21F6NO3. The predicted molar refractivity (Wildman–Crippen MR) is 90.5 cm³/mol. The number of rotatable bonds is 6. The van der Waals surface area contributed by atoms with E-state index >= 15 is 0 Å². The largest absolute Gasteiger partial charge is 0.448 e. The van der Waals surface area contributed by atoms with E-state index in [0.717, 1.165) is 25.0 Å². The second-order valence-corrected chi connectivity index (χ2v) is 7.09. The molecule has 10 heteroatoms. The van der Waals surface area contributed by atoms with Crippen LogP contribution in [0.15, 0.2) is 24.3 Å². The van der Waals surface area contributed by atoms with Crippen molar-refractivity contribution in [2.45, 2.75) is 63.5 Å². The van der Waals surface area contributed by atoms with Crippen molar-refractivity contribution < 1.29 is 40.7 Å². The van der Waals surface area contributed by atoms with Gasteiger partial charge in [-0.25, -0.2) is 0 Å². The Morgan fingerprint density at radius 1 is 1.10 bits per heavy atom. The normalized spacial score (nSPS) is 17.6. The van der Waals surface area contributed by atoms with Crippen LogP contribution in [0.3, 0.4) is 0 Å². The molecule has 1 fully saturated rings. The number of carbonyl (C=O) groups excluding carboxylic acids is 2. The topological polar surface area (TPSA) is 55.4 Å². The van der Waals surface area contributed by atoms with E-state index in [1.54, 1.807) is 0 Å². The van der Waals surface area contributed by atoms with E-state index < -0.39 is 48.0 Å². The van der Waals surface area contributed by atoms with E-state index in [2.05, 4.69) is 10.1 Å². The van der Waals surface area contributed by atoms with Crippen LogP contribution in [0.2, 0.25) is 0 Å². The summed E-state index contributed by atoms with van der Waals surface area (Å²) in [7, 11) is 0. The molecule has 0 unspecified atom stereocenters. The van der Waals surface area contributed by atoms with Gasteiger partial charge in [-0.15, -0.1) is 0 Å². The third kappa shape index (κ3) is 6.37. The molecule has 29 heavy (non-hydrogen) atoms. The van der Waals surface area contributed by atoms with Gasteiger partial charge in [-0.3, -0.25) is 9.59 Å². The van der Waals surface area contributed by atoms with Gasteiger partial charge in [0.25, 0.3) is 0 Å². The Morgan fingerprint density at radius 2 is 1.69 bits per heavy atom. The highest BCUT2D eigenvalue weighted by Gasteiger charge is 2.48. The van der Waals surface area contributed by atoms with Crippen LogP contribution in [0.5, 0.6) is 0 Å². The average molecular weight is 425 g/mol. The van der Waals surface area contributed by atoms with Crippen molar-refractivity contribution in [3.63, 3.8) is 0 Å². The van der Waals surface area contributed by atoms with E-state index in [1.807, 2.05) is 0 Å². The average Bonchev–Trinajstić information content (AvgIpc) is 3.12. The molecule has 1 aromatic carbocycles. The minimum atomic E-state index is -5.24. The number of ether oxygens (including phenoxy) is 1. The molecule has 0 aliphatic heterocycles. The van der Waals surface area contributed by atoms with Gasteiger partial charge in [0.15, 0.2) is 0 Å². The molecule has 1 aromatic rings. The van der Waals surface area contributed by atoms with Gasteiger partial charge in [-0.1, -0.05) is 31.0 Å². The zero-order chi connectivity index (χ0) is 21.8. The van der Waals surface area contributed by atoms with Crippen LogP contribution in [-0.2, 0) is 20.5 Å². The van der Waals surface area contributed by atoms with Crippen molar-refractivity contribution in [3.8, 4) is 0 Å². The molecule has 2 rings (SSSR count). The van der Waals surface area contributed by atoms with Gasteiger partial charge < -0.3 is 10.1 Å². The van der Waals surface area contributed by atoms with E-state index in [-0.39, 0.29) is 11.8 Å². The number of amides is 1. The fraction of sp³-hybridized carbons (Fsp3) is 0.579. The maximum Gasteiger partial charge on any atom is 0.429 e. The molecule has 0 aromatic heterocycles. The third-order valence-electron chi connectivity index (χ3n) is 4.68. The molecule has 0 saturated heterocycles. The van der Waals surface area contributed by atoms with E-state index in [0.29, 0.717) is 25.0 Å². The Labute approximate surface area is 163 Å². The lowest BCUT2D eigenvalue weighted by Gasteiger charge is -2.25. The smallest absolute Gasteiger partial charge is 0.429 e. The highest BCUT2D eigenvalue weighted by molar-refractivity contribution is 5.80. The van der Waals surface area contributed by atoms with Crippen molar-refractivity contribution in [1.82, 2.24) is 5.32 Å². The minimum Gasteiger partial charge on any atom is -0.448 e. The SMILES string of the molecule is C[C@@H](CC(=O)O[C@H](c1ccccc1C(F)(F)F)C(F)(F)F)NC(=O)C1CCCC1. The van der Waals surface area contributed by atoms with Gasteiger partial charge in [0, 0.05) is 17.5 Å². The number of alkyl halides is 6. The number of halogens is 6. The standard InChI is InChI=1S/C19H21F6NO3/c1-11(26-17(28)12-6-2-3-7-12)10-15(27)29-16(19(23,24)25)13-8-4-5-9-14(13)18(20,21)22/h4-5,8-9,11-12,16H,2-3,6-7,10H2,1H3,(H,26,28)/t11-,16+/m0/s1. The first kappa shape index (κ1) is 23.0. The van der Waals surface area contributed by atoms with Crippen molar-refractivity contribution in [2.75, 3.05) is 0 Å². The molecule has 0 heterocycles. The molecule has 1 amide bonds. The van der Waals surface area contributed by atoms with Crippen molar-refractivity contribution >= 4 is 11.9 Å². The predicted octanol–water partition coefficient (Wildman–Crippen LogP) is 4.94. The van der Waals surface area contributed by atoms with Crippen LogP contribution in [0.25, 0.3) is 0 Å². The van der Waals surface area contributed by atoms with Crippen molar-refractivity contribution in [3.05, 3.63) is 35.4 Å². The molecule has 4 nitrogen and oxygen atoms in total. The molecular weight excluding hydrogens is 404 g/mol. The summed E-state index contributed by atoms with van der Waals surface area (Å²) in [5.74, 6) is -1.85. The molecule has 162 valence electrons. The number of benzene rings is 1. The van der Waals surface area contributed by atoms with Crippen LogP contribution in [0.1, 0.15) is 56.3 Å². The highest BCUT2D eigenvalue weighted by atomic mass is 19.4. The summed E-state index contributed by atoms with van der Waals surface area (Å²) < 4.78 is 83.8. The van der Waals surface area contributed by atoms with Crippen molar-refractivity contribution in [2.24, 2.45) is 5.92 Å². The van der Waals surface area contributed by atoms with Crippen LogP contribution in [0, 0.1) is 5.92 Å². The molecule has 1 saturated carbocycles. The summed E-state index contributed by atoms with van der Waals surface area (Å²) in [5.41, 5.74) is -2.72. The number of carbonyl (C=O) groups is 2. The quantitative estimate of drug-likeness (QED) is 0.519. The summed E-state index contributed by atoms with van der Waals surface area (Å²) in [6.07, 6.45) is -10.7. The molecule has 0 radical (unpaired) electrons. The van der Waals surface area contributed by atoms with Crippen molar-refractivity contribution in [1.29, 1.82) is 0 Å². The van der Waals surface area contributed by atoms with Gasteiger partial charge in [0.2, 0.25) is 12.0 Å². The maximum atomic E-state index is 13.4. The summed E-state index contributed by atoms with van der Waals surface area (Å²) >= 11 is 0. The first-order chi connectivity index (χ1) is 13.4. The van der Waals surface area contributed by atoms with Gasteiger partial charge in [0.1, 0.15) is 0 Å². The zero-order valence-corrected chi connectivity index (χ0v) is 15.6. The van der Waals surface area contributed by atoms with Gasteiger partial charge in [-0.2, -0.15) is 26.3 Å². The number of hydrogen-bond acceptors (Lipinski definition) is 3. The molecule has 1 N–H and O–H groups in total. The molecule has 1 aliphatic carbocycles. The lowest BCUT2D eigenvalue weighted by Crippen LogP contribution is -2.38. The lowest BCUT2D eigenvalue weighted by molar-refractivity contribution is -0.226. The first-order valence-electron chi connectivity index (χ1n) is 9.12. The minimum absolute atomic E-state index is 0.199. The monoisotopic (exact) mass is 425 g/mol. The number of esters is 1. The first-order valence-corrected chi connectivity index (χ1v) is 9.12. The fourth-order valence-electron chi connectivity index (χ4n) is 3.32. The van der Waals surface area contributed by atoms with E-state index in [9.17, 15) is 35.9 Å². The summed E-state index contributed by atoms with van der Waals surface area (Å²) in [6, 6.07) is 2.25. The molecule has 0 spiro atoms. The Balaban J connectivity index is 2.09. The second kappa shape index (κ2) is 9.04. The second-order valence-electron chi connectivity index (χ2n) is 7.09. The third-order valence-corrected chi connectivity index (χ3v) is 4.68. The molecule has 2 atom stereocenters. The molecule has 1 aliphatic rings. The number of hydrogen-bond donors (Lipinski definition) is 1. The maximum absolute atomic E-state index is 13.4. The van der Waals surface area contributed by atoms with Crippen LogP contribution < -0.4 is 5.32 Å². The summed E-state index contributed by atoms with van der Waals surface area (Å²) in [4.78, 5) is 24.0. The molecule has 0 bridgehead atoms. The van der Waals surface area contributed by atoms with Crippen LogP contribution in [0.4, 0.5) is 26.3 Å². The summed E-state index contributed by atoms with van der Waals surface area (Å²) in [6.45, 7) is 1.42. The van der Waals surface area contributed by atoms with Gasteiger partial charge in [-0.05, 0) is 25.8 Å². The van der Waals surface area contributed by atoms with Crippen LogP contribution in [-0.4, -0.2) is 24.1 Å². The van der Waals surface area contributed by atoms with E-state index in [1.165, 1.54) is 6.92 Å². The van der Waals surface area contributed by atoms with Gasteiger partial charge >= 0.3 is 18.3 Å². The van der Waals surface area contributed by atoms with Crippen LogP contribution >= 0.6 is 0 Å². The highest BCUT2D eigenvalue weighted by Crippen LogP contribution is 2.42. The van der Waals surface area contributed by atoms with Gasteiger partial charge in [0.05, 0.1) is 12.0 Å². The lowest BCUT2D eigenvalue weighted by atomic mass is 10.0. The Hall–Kier alpha value is -2.26. The van der Waals surface area contributed by atoms with E-state index in [4.69, 9.17) is 0 Å². The summed E-state index contributed by atoms with van der Waals surface area (Å²) in [5, 5.41) is 2.54. The number of nitrogens with one attached hydrogen (secondary N) is 1. The fourth-order valence-corrected chi connectivity index (χ4v) is 3.32. The Morgan fingerprint density at radius 3 is 2.24 bits per heavy atom. The Kier molecular flexibility index (Phi) is 7.18. The Bertz CT molecular complexity index is 725. The zero-order valence-electron chi connectivity index (χ0n) is 15.6.